The van der Waals surface area contributed by atoms with E-state index in [-0.39, 0.29) is 11.7 Å². The van der Waals surface area contributed by atoms with Crippen molar-refractivity contribution in [1.82, 2.24) is 24.5 Å². The van der Waals surface area contributed by atoms with Crippen LogP contribution in [-0.2, 0) is 0 Å². The van der Waals surface area contributed by atoms with Crippen LogP contribution in [0.1, 0.15) is 30.4 Å². The lowest BCUT2D eigenvalue weighted by Gasteiger charge is -2.11. The van der Waals surface area contributed by atoms with Crippen molar-refractivity contribution in [1.29, 1.82) is 0 Å². The molecule has 1 amide bonds. The third-order valence-electron chi connectivity index (χ3n) is 4.67. The van der Waals surface area contributed by atoms with Gasteiger partial charge in [0.25, 0.3) is 5.91 Å². The number of hydrogen-bond donors (Lipinski definition) is 2. The van der Waals surface area contributed by atoms with Crippen LogP contribution in [0.4, 0.5) is 11.4 Å². The van der Waals surface area contributed by atoms with Crippen LogP contribution in [0.3, 0.4) is 0 Å². The van der Waals surface area contributed by atoms with E-state index in [4.69, 9.17) is 28.9 Å². The lowest BCUT2D eigenvalue weighted by Crippen LogP contribution is -2.14. The van der Waals surface area contributed by atoms with Crippen molar-refractivity contribution in [3.8, 4) is 17.1 Å². The van der Waals surface area contributed by atoms with E-state index >= 15 is 0 Å². The van der Waals surface area contributed by atoms with Gasteiger partial charge in [-0.1, -0.05) is 29.3 Å². The van der Waals surface area contributed by atoms with Crippen molar-refractivity contribution >= 4 is 40.5 Å². The second-order valence-electron chi connectivity index (χ2n) is 7.13. The molecule has 2 heterocycles. The Bertz CT molecular complexity index is 1220. The Labute approximate surface area is 188 Å². The Hall–Kier alpha value is -3.36. The molecule has 31 heavy (non-hydrogen) atoms. The number of benzene rings is 2. The van der Waals surface area contributed by atoms with Gasteiger partial charge in [-0.05, 0) is 50.2 Å². The molecule has 0 unspecified atom stereocenters. The topological polar surface area (TPSA) is 104 Å². The predicted octanol–water partition coefficient (Wildman–Crippen LogP) is 4.86. The first-order valence-corrected chi connectivity index (χ1v) is 10.2. The second-order valence-corrected chi connectivity index (χ2v) is 7.94. The van der Waals surface area contributed by atoms with Crippen LogP contribution in [0.15, 0.2) is 55.0 Å². The molecule has 4 rings (SSSR count). The molecule has 158 valence electrons. The van der Waals surface area contributed by atoms with Crippen LogP contribution in [-0.4, -0.2) is 30.5 Å². The summed E-state index contributed by atoms with van der Waals surface area (Å²) in [6.45, 7) is 4.13. The first-order chi connectivity index (χ1) is 14.8. The van der Waals surface area contributed by atoms with Crippen molar-refractivity contribution in [3.63, 3.8) is 0 Å². The highest BCUT2D eigenvalue weighted by atomic mass is 35.5. The molecular formula is C21H19Cl2N7O. The lowest BCUT2D eigenvalue weighted by atomic mass is 10.2. The number of nitrogens with zero attached hydrogens (tertiary/aromatic N) is 5. The van der Waals surface area contributed by atoms with Crippen molar-refractivity contribution < 1.29 is 4.79 Å². The number of aromatic nitrogens is 5. The molecule has 2 aromatic heterocycles. The van der Waals surface area contributed by atoms with Gasteiger partial charge in [0.2, 0.25) is 0 Å². The molecule has 8 nitrogen and oxygen atoms in total. The van der Waals surface area contributed by atoms with Gasteiger partial charge in [0.1, 0.15) is 12.0 Å². The first-order valence-electron chi connectivity index (χ1n) is 9.46. The minimum absolute atomic E-state index is 0.0691. The summed E-state index contributed by atoms with van der Waals surface area (Å²) in [7, 11) is 0. The largest absolute Gasteiger partial charge is 0.364 e. The number of hydrogen-bond acceptors (Lipinski definition) is 5. The average Bonchev–Trinajstić information content (AvgIpc) is 3.36. The van der Waals surface area contributed by atoms with Gasteiger partial charge in [-0.3, -0.25) is 4.79 Å². The summed E-state index contributed by atoms with van der Waals surface area (Å²) in [6, 6.07) is 12.9. The summed E-state index contributed by atoms with van der Waals surface area (Å²) in [5.41, 5.74) is 8.16. The SMILES string of the molecule is CC(C)n1cnnc1-c1ccc(Nc2cn(-c3c(Cl)cccc3Cl)nc2C(N)=O)cc1. The molecular weight excluding hydrogens is 437 g/mol. The molecule has 2 aromatic carbocycles. The molecule has 0 fully saturated rings. The number of para-hydroxylation sites is 1. The third-order valence-corrected chi connectivity index (χ3v) is 5.28. The molecule has 10 heteroatoms. The number of amides is 1. The molecule has 0 saturated carbocycles. The number of carbonyl (C=O) groups is 1. The number of nitrogens with one attached hydrogen (secondary N) is 1. The van der Waals surface area contributed by atoms with E-state index in [1.54, 1.807) is 30.7 Å². The van der Waals surface area contributed by atoms with Gasteiger partial charge in [-0.2, -0.15) is 5.10 Å². The maximum atomic E-state index is 12.0. The maximum Gasteiger partial charge on any atom is 0.271 e. The van der Waals surface area contributed by atoms with Crippen LogP contribution in [0.5, 0.6) is 0 Å². The van der Waals surface area contributed by atoms with E-state index in [1.807, 2.05) is 28.8 Å². The molecule has 0 saturated heterocycles. The molecule has 4 aromatic rings. The average molecular weight is 456 g/mol. The Balaban J connectivity index is 1.66. The highest BCUT2D eigenvalue weighted by Gasteiger charge is 2.18. The highest BCUT2D eigenvalue weighted by Crippen LogP contribution is 2.31. The zero-order valence-corrected chi connectivity index (χ0v) is 18.3. The van der Waals surface area contributed by atoms with Gasteiger partial charge in [0.05, 0.1) is 21.9 Å². The van der Waals surface area contributed by atoms with Crippen LogP contribution in [0.2, 0.25) is 10.0 Å². The van der Waals surface area contributed by atoms with Crippen LogP contribution in [0, 0.1) is 0 Å². The molecule has 0 bridgehead atoms. The lowest BCUT2D eigenvalue weighted by molar-refractivity contribution is 0.0996. The fourth-order valence-electron chi connectivity index (χ4n) is 3.16. The Morgan fingerprint density at radius 3 is 2.39 bits per heavy atom. The zero-order valence-electron chi connectivity index (χ0n) is 16.8. The summed E-state index contributed by atoms with van der Waals surface area (Å²) in [4.78, 5) is 12.0. The summed E-state index contributed by atoms with van der Waals surface area (Å²) in [5, 5.41) is 16.5. The van der Waals surface area contributed by atoms with E-state index in [9.17, 15) is 4.79 Å². The molecule has 0 spiro atoms. The number of primary amides is 1. The van der Waals surface area contributed by atoms with Crippen molar-refractivity contribution in [2.75, 3.05) is 5.32 Å². The van der Waals surface area contributed by atoms with Gasteiger partial charge in [0, 0.05) is 17.3 Å². The Morgan fingerprint density at radius 1 is 1.10 bits per heavy atom. The van der Waals surface area contributed by atoms with Crippen molar-refractivity contribution in [3.05, 3.63) is 70.7 Å². The molecule has 3 N–H and O–H groups in total. The molecule has 0 atom stereocenters. The normalized spacial score (nSPS) is 11.1. The van der Waals surface area contributed by atoms with Gasteiger partial charge in [-0.15, -0.1) is 10.2 Å². The van der Waals surface area contributed by atoms with Crippen LogP contribution in [0.25, 0.3) is 17.1 Å². The maximum absolute atomic E-state index is 12.0. The van der Waals surface area contributed by atoms with Crippen molar-refractivity contribution in [2.45, 2.75) is 19.9 Å². The van der Waals surface area contributed by atoms with Crippen molar-refractivity contribution in [2.24, 2.45) is 5.73 Å². The smallest absolute Gasteiger partial charge is 0.271 e. The summed E-state index contributed by atoms with van der Waals surface area (Å²) in [5.74, 6) is 0.103. The summed E-state index contributed by atoms with van der Waals surface area (Å²) in [6.07, 6.45) is 3.33. The number of carbonyl (C=O) groups excluding carboxylic acids is 1. The number of halogens is 2. The number of rotatable bonds is 6. The van der Waals surface area contributed by atoms with E-state index in [0.29, 0.717) is 21.4 Å². The molecule has 0 radical (unpaired) electrons. The van der Waals surface area contributed by atoms with Gasteiger partial charge in [-0.25, -0.2) is 4.68 Å². The fourth-order valence-corrected chi connectivity index (χ4v) is 3.73. The standard InChI is InChI=1S/C21H19Cl2N7O/c1-12(2)29-11-25-27-21(29)13-6-8-14(9-7-13)26-17-10-30(28-18(17)20(24)31)19-15(22)4-3-5-16(19)23/h3-12,26H,1-2H3,(H2,24,31). The molecule has 0 aliphatic carbocycles. The Kier molecular flexibility index (Phi) is 5.67. The quantitative estimate of drug-likeness (QED) is 0.431. The first kappa shape index (κ1) is 20.9. The van der Waals surface area contributed by atoms with E-state index in [0.717, 1.165) is 17.1 Å². The predicted molar refractivity (Wildman–Crippen MR) is 121 cm³/mol. The highest BCUT2D eigenvalue weighted by molar-refractivity contribution is 6.37. The van der Waals surface area contributed by atoms with Gasteiger partial charge < -0.3 is 15.6 Å². The van der Waals surface area contributed by atoms with E-state index in [2.05, 4.69) is 34.5 Å². The summed E-state index contributed by atoms with van der Waals surface area (Å²) < 4.78 is 3.43. The second kappa shape index (κ2) is 8.41. The zero-order chi connectivity index (χ0) is 22.1. The fraction of sp³-hybridized carbons (Fsp3) is 0.143. The van der Waals surface area contributed by atoms with Crippen LogP contribution >= 0.6 is 23.2 Å². The number of anilines is 2. The van der Waals surface area contributed by atoms with Gasteiger partial charge >= 0.3 is 0 Å². The van der Waals surface area contributed by atoms with E-state index in [1.165, 1.54) is 4.68 Å². The van der Waals surface area contributed by atoms with E-state index < -0.39 is 5.91 Å². The third kappa shape index (κ3) is 4.12. The number of nitrogens with two attached hydrogens (primary N) is 1. The molecule has 0 aliphatic heterocycles. The molecule has 0 aliphatic rings. The van der Waals surface area contributed by atoms with Crippen LogP contribution < -0.4 is 11.1 Å². The Morgan fingerprint density at radius 2 is 1.77 bits per heavy atom. The minimum atomic E-state index is -0.675. The minimum Gasteiger partial charge on any atom is -0.364 e. The monoisotopic (exact) mass is 455 g/mol. The van der Waals surface area contributed by atoms with Gasteiger partial charge in [0.15, 0.2) is 11.5 Å². The summed E-state index contributed by atoms with van der Waals surface area (Å²) >= 11 is 12.5.